The summed E-state index contributed by atoms with van der Waals surface area (Å²) < 4.78 is 5.64. The zero-order valence-corrected chi connectivity index (χ0v) is 12.2. The van der Waals surface area contributed by atoms with Crippen LogP contribution in [-0.2, 0) is 4.79 Å². The van der Waals surface area contributed by atoms with Crippen molar-refractivity contribution in [2.24, 2.45) is 0 Å². The number of nitrogens with zero attached hydrogens (tertiary/aromatic N) is 1. The summed E-state index contributed by atoms with van der Waals surface area (Å²) in [6.07, 6.45) is 3.28. The fourth-order valence-corrected chi connectivity index (χ4v) is 2.13. The molecule has 2 aromatic carbocycles. The zero-order chi connectivity index (χ0) is 15.4. The molecule has 3 rings (SSSR count). The molecule has 3 aromatic rings. The molecule has 0 fully saturated rings. The number of fused-ring (bicyclic) bond motifs is 1. The summed E-state index contributed by atoms with van der Waals surface area (Å²) in [4.78, 5) is 16.3. The molecule has 1 unspecified atom stereocenters. The zero-order valence-electron chi connectivity index (χ0n) is 12.2. The van der Waals surface area contributed by atoms with Gasteiger partial charge in [-0.25, -0.2) is 4.98 Å². The van der Waals surface area contributed by atoms with E-state index in [1.807, 2.05) is 61.5 Å². The fourth-order valence-electron chi connectivity index (χ4n) is 2.13. The van der Waals surface area contributed by atoms with Crippen molar-refractivity contribution in [3.05, 3.63) is 72.1 Å². The van der Waals surface area contributed by atoms with Crippen LogP contribution in [-0.4, -0.2) is 10.9 Å². The van der Waals surface area contributed by atoms with Gasteiger partial charge in [-0.1, -0.05) is 42.5 Å². The second-order valence-corrected chi connectivity index (χ2v) is 4.99. The standard InChI is InChI=1S/C18H16N2O2/c1-13(18-20-15-9-5-6-10-16(15)22-18)19-17(21)12-11-14-7-3-2-4-8-14/h2-13H,1H3,(H,19,21)/b12-11+. The van der Waals surface area contributed by atoms with Crippen LogP contribution in [0.2, 0.25) is 0 Å². The largest absolute Gasteiger partial charge is 0.438 e. The number of aromatic nitrogens is 1. The second-order valence-electron chi connectivity index (χ2n) is 4.99. The van der Waals surface area contributed by atoms with Crippen LogP contribution in [0.4, 0.5) is 0 Å². The molecule has 0 spiro atoms. The third-order valence-corrected chi connectivity index (χ3v) is 3.27. The lowest BCUT2D eigenvalue weighted by atomic mass is 10.2. The monoisotopic (exact) mass is 292 g/mol. The number of nitrogens with one attached hydrogen (secondary N) is 1. The molecule has 0 aliphatic heterocycles. The lowest BCUT2D eigenvalue weighted by Crippen LogP contribution is -2.24. The number of hydrogen-bond acceptors (Lipinski definition) is 3. The van der Waals surface area contributed by atoms with Crippen LogP contribution < -0.4 is 5.32 Å². The molecule has 1 aromatic heterocycles. The topological polar surface area (TPSA) is 55.1 Å². The Balaban J connectivity index is 1.67. The minimum atomic E-state index is -0.291. The summed E-state index contributed by atoms with van der Waals surface area (Å²) in [6.45, 7) is 1.85. The number of benzene rings is 2. The van der Waals surface area contributed by atoms with Crippen LogP contribution >= 0.6 is 0 Å². The van der Waals surface area contributed by atoms with Crippen molar-refractivity contribution in [2.45, 2.75) is 13.0 Å². The van der Waals surface area contributed by atoms with Crippen LogP contribution in [0.3, 0.4) is 0 Å². The Bertz CT molecular complexity index is 773. The molecule has 22 heavy (non-hydrogen) atoms. The highest BCUT2D eigenvalue weighted by Gasteiger charge is 2.14. The van der Waals surface area contributed by atoms with Crippen LogP contribution in [0, 0.1) is 0 Å². The third kappa shape index (κ3) is 3.23. The van der Waals surface area contributed by atoms with E-state index >= 15 is 0 Å². The highest BCUT2D eigenvalue weighted by atomic mass is 16.3. The number of amides is 1. The fraction of sp³-hybridized carbons (Fsp3) is 0.111. The molecule has 0 saturated carbocycles. The van der Waals surface area contributed by atoms with E-state index in [1.165, 1.54) is 6.08 Å². The summed E-state index contributed by atoms with van der Waals surface area (Å²) in [6, 6.07) is 16.9. The van der Waals surface area contributed by atoms with E-state index in [1.54, 1.807) is 6.08 Å². The van der Waals surface area contributed by atoms with E-state index in [2.05, 4.69) is 10.3 Å². The smallest absolute Gasteiger partial charge is 0.244 e. The van der Waals surface area contributed by atoms with Gasteiger partial charge in [0.05, 0.1) is 0 Å². The van der Waals surface area contributed by atoms with Gasteiger partial charge in [0.25, 0.3) is 0 Å². The summed E-state index contributed by atoms with van der Waals surface area (Å²) >= 11 is 0. The van der Waals surface area contributed by atoms with Gasteiger partial charge >= 0.3 is 0 Å². The van der Waals surface area contributed by atoms with Gasteiger partial charge in [0.2, 0.25) is 11.8 Å². The van der Waals surface area contributed by atoms with Crippen LogP contribution in [0.15, 0.2) is 65.1 Å². The number of oxazole rings is 1. The van der Waals surface area contributed by atoms with E-state index in [9.17, 15) is 4.79 Å². The van der Waals surface area contributed by atoms with Crippen molar-refractivity contribution in [2.75, 3.05) is 0 Å². The molecule has 0 aliphatic carbocycles. The first-order valence-electron chi connectivity index (χ1n) is 7.11. The van der Waals surface area contributed by atoms with E-state index in [-0.39, 0.29) is 11.9 Å². The molecule has 1 N–H and O–H groups in total. The number of hydrogen-bond donors (Lipinski definition) is 1. The van der Waals surface area contributed by atoms with Crippen LogP contribution in [0.1, 0.15) is 24.4 Å². The second kappa shape index (κ2) is 6.26. The average molecular weight is 292 g/mol. The van der Waals surface area contributed by atoms with Gasteiger partial charge in [0.1, 0.15) is 11.6 Å². The summed E-state index contributed by atoms with van der Waals surface area (Å²) in [5.74, 6) is 0.321. The van der Waals surface area contributed by atoms with Crippen molar-refractivity contribution < 1.29 is 9.21 Å². The third-order valence-electron chi connectivity index (χ3n) is 3.27. The Hall–Kier alpha value is -2.88. The van der Waals surface area contributed by atoms with Crippen molar-refractivity contribution in [1.29, 1.82) is 0 Å². The Morgan fingerprint density at radius 2 is 1.86 bits per heavy atom. The van der Waals surface area contributed by atoms with Gasteiger partial charge in [-0.15, -0.1) is 0 Å². The highest BCUT2D eigenvalue weighted by molar-refractivity contribution is 5.91. The summed E-state index contributed by atoms with van der Waals surface area (Å²) in [7, 11) is 0. The molecule has 0 radical (unpaired) electrons. The summed E-state index contributed by atoms with van der Waals surface area (Å²) in [5, 5.41) is 2.85. The predicted octanol–water partition coefficient (Wildman–Crippen LogP) is 3.72. The number of rotatable bonds is 4. The molecule has 1 heterocycles. The van der Waals surface area contributed by atoms with E-state index < -0.39 is 0 Å². The highest BCUT2D eigenvalue weighted by Crippen LogP contribution is 2.19. The van der Waals surface area contributed by atoms with Gasteiger partial charge in [-0.3, -0.25) is 4.79 Å². The van der Waals surface area contributed by atoms with Crippen molar-refractivity contribution >= 4 is 23.1 Å². The number of carbonyl (C=O) groups excluding carboxylic acids is 1. The minimum absolute atomic E-state index is 0.182. The van der Waals surface area contributed by atoms with Crippen molar-refractivity contribution in [3.63, 3.8) is 0 Å². The Kier molecular flexibility index (Phi) is 4.01. The molecule has 0 saturated heterocycles. The Labute approximate surface area is 128 Å². The quantitative estimate of drug-likeness (QED) is 0.746. The molecule has 1 atom stereocenters. The Morgan fingerprint density at radius 1 is 1.14 bits per heavy atom. The SMILES string of the molecule is CC(NC(=O)/C=C/c1ccccc1)c1nc2ccccc2o1. The predicted molar refractivity (Wildman–Crippen MR) is 86.0 cm³/mol. The molecule has 4 nitrogen and oxygen atoms in total. The lowest BCUT2D eigenvalue weighted by Gasteiger charge is -2.07. The van der Waals surface area contributed by atoms with Gasteiger partial charge in [0, 0.05) is 6.08 Å². The normalized spacial score (nSPS) is 12.6. The van der Waals surface area contributed by atoms with E-state index in [0.717, 1.165) is 16.7 Å². The number of carbonyl (C=O) groups is 1. The Morgan fingerprint density at radius 3 is 2.64 bits per heavy atom. The first-order valence-corrected chi connectivity index (χ1v) is 7.11. The van der Waals surface area contributed by atoms with Crippen molar-refractivity contribution in [1.82, 2.24) is 10.3 Å². The maximum absolute atomic E-state index is 11.9. The average Bonchev–Trinajstić information content (AvgIpc) is 2.98. The molecular weight excluding hydrogens is 276 g/mol. The summed E-state index contributed by atoms with van der Waals surface area (Å²) in [5.41, 5.74) is 2.49. The van der Waals surface area contributed by atoms with Crippen molar-refractivity contribution in [3.8, 4) is 0 Å². The van der Waals surface area contributed by atoms with Gasteiger partial charge in [-0.05, 0) is 30.7 Å². The minimum Gasteiger partial charge on any atom is -0.438 e. The molecule has 110 valence electrons. The van der Waals surface area contributed by atoms with Gasteiger partial charge < -0.3 is 9.73 Å². The maximum Gasteiger partial charge on any atom is 0.244 e. The van der Waals surface area contributed by atoms with Crippen LogP contribution in [0.5, 0.6) is 0 Å². The molecule has 1 amide bonds. The maximum atomic E-state index is 11.9. The molecule has 0 bridgehead atoms. The first-order chi connectivity index (χ1) is 10.7. The van der Waals surface area contributed by atoms with Gasteiger partial charge in [-0.2, -0.15) is 0 Å². The molecular formula is C18H16N2O2. The van der Waals surface area contributed by atoms with Crippen LogP contribution in [0.25, 0.3) is 17.2 Å². The number of para-hydroxylation sites is 2. The lowest BCUT2D eigenvalue weighted by molar-refractivity contribution is -0.117. The molecule has 4 heteroatoms. The van der Waals surface area contributed by atoms with Gasteiger partial charge in [0.15, 0.2) is 5.58 Å². The molecule has 0 aliphatic rings. The first kappa shape index (κ1) is 14.1. The van der Waals surface area contributed by atoms with E-state index in [0.29, 0.717) is 5.89 Å². The van der Waals surface area contributed by atoms with E-state index in [4.69, 9.17) is 4.42 Å².